The van der Waals surface area contributed by atoms with Crippen LogP contribution in [0, 0.1) is 0 Å². The zero-order chi connectivity index (χ0) is 13.9. The number of nitrogens with two attached hydrogens (primary N) is 1. The Morgan fingerprint density at radius 3 is 2.52 bits per heavy atom. The second-order valence-corrected chi connectivity index (χ2v) is 5.51. The maximum atomic E-state index is 6.01. The summed E-state index contributed by atoms with van der Waals surface area (Å²) >= 11 is 0. The van der Waals surface area contributed by atoms with Crippen LogP contribution in [-0.2, 0) is 6.42 Å². The molecule has 0 saturated heterocycles. The SMILES string of the molecule is COc1cccc2c1C[C@@H](c1ccccc1)C[C@H]2CN.Cl. The number of hydrogen-bond acceptors (Lipinski definition) is 2. The normalized spacial score (nSPS) is 20.3. The average molecular weight is 304 g/mol. The zero-order valence-electron chi connectivity index (χ0n) is 12.3. The molecule has 0 aliphatic heterocycles. The van der Waals surface area contributed by atoms with E-state index in [0.29, 0.717) is 18.4 Å². The Morgan fingerprint density at radius 2 is 1.86 bits per heavy atom. The van der Waals surface area contributed by atoms with Gasteiger partial charge in [-0.2, -0.15) is 0 Å². The summed E-state index contributed by atoms with van der Waals surface area (Å²) in [5.74, 6) is 1.97. The van der Waals surface area contributed by atoms with Crippen molar-refractivity contribution >= 4 is 12.4 Å². The van der Waals surface area contributed by atoms with E-state index < -0.39 is 0 Å². The molecule has 0 fully saturated rings. The van der Waals surface area contributed by atoms with Crippen molar-refractivity contribution in [1.82, 2.24) is 0 Å². The van der Waals surface area contributed by atoms with Crippen molar-refractivity contribution in [1.29, 1.82) is 0 Å². The van der Waals surface area contributed by atoms with Crippen molar-refractivity contribution in [2.75, 3.05) is 13.7 Å². The van der Waals surface area contributed by atoms with E-state index in [1.807, 2.05) is 0 Å². The molecule has 2 atom stereocenters. The molecule has 2 aromatic carbocycles. The van der Waals surface area contributed by atoms with Gasteiger partial charge in [-0.1, -0.05) is 42.5 Å². The van der Waals surface area contributed by atoms with Gasteiger partial charge in [-0.15, -0.1) is 12.4 Å². The molecular weight excluding hydrogens is 282 g/mol. The van der Waals surface area contributed by atoms with Crippen LogP contribution in [0.15, 0.2) is 48.5 Å². The van der Waals surface area contributed by atoms with Gasteiger partial charge in [0.25, 0.3) is 0 Å². The highest BCUT2D eigenvalue weighted by Gasteiger charge is 2.28. The minimum Gasteiger partial charge on any atom is -0.496 e. The quantitative estimate of drug-likeness (QED) is 0.933. The first-order valence-electron chi connectivity index (χ1n) is 7.24. The number of fused-ring (bicyclic) bond motifs is 1. The second-order valence-electron chi connectivity index (χ2n) is 5.51. The summed E-state index contributed by atoms with van der Waals surface area (Å²) in [6, 6.07) is 17.1. The van der Waals surface area contributed by atoms with Gasteiger partial charge in [-0.05, 0) is 54.0 Å². The minimum atomic E-state index is 0. The summed E-state index contributed by atoms with van der Waals surface area (Å²) < 4.78 is 5.55. The molecule has 2 aromatic rings. The summed E-state index contributed by atoms with van der Waals surface area (Å²) in [4.78, 5) is 0. The topological polar surface area (TPSA) is 35.2 Å². The lowest BCUT2D eigenvalue weighted by atomic mass is 9.74. The molecule has 0 unspecified atom stereocenters. The van der Waals surface area contributed by atoms with Crippen LogP contribution >= 0.6 is 12.4 Å². The van der Waals surface area contributed by atoms with Crippen LogP contribution in [0.2, 0.25) is 0 Å². The molecule has 0 bridgehead atoms. The third kappa shape index (κ3) is 3.07. The van der Waals surface area contributed by atoms with Crippen LogP contribution in [0.5, 0.6) is 5.75 Å². The van der Waals surface area contributed by atoms with E-state index in [1.165, 1.54) is 16.7 Å². The Bertz CT molecular complexity index is 585. The van der Waals surface area contributed by atoms with Crippen molar-refractivity contribution in [3.63, 3.8) is 0 Å². The molecule has 1 aliphatic carbocycles. The monoisotopic (exact) mass is 303 g/mol. The highest BCUT2D eigenvalue weighted by Crippen LogP contribution is 2.42. The van der Waals surface area contributed by atoms with Crippen LogP contribution in [0.25, 0.3) is 0 Å². The van der Waals surface area contributed by atoms with Gasteiger partial charge in [-0.3, -0.25) is 0 Å². The highest BCUT2D eigenvalue weighted by molar-refractivity contribution is 5.85. The molecule has 0 saturated carbocycles. The first-order chi connectivity index (χ1) is 9.83. The van der Waals surface area contributed by atoms with E-state index in [2.05, 4.69) is 48.5 Å². The third-order valence-electron chi connectivity index (χ3n) is 4.40. The summed E-state index contributed by atoms with van der Waals surface area (Å²) in [6.45, 7) is 0.698. The van der Waals surface area contributed by atoms with Gasteiger partial charge in [0.1, 0.15) is 5.75 Å². The third-order valence-corrected chi connectivity index (χ3v) is 4.40. The standard InChI is InChI=1S/C18H21NO.ClH/c1-20-18-9-5-8-16-15(12-19)10-14(11-17(16)18)13-6-3-2-4-7-13;/h2-9,14-15H,10-12,19H2,1H3;1H/t14-,15-;/m0./s1. The molecule has 2 nitrogen and oxygen atoms in total. The van der Waals surface area contributed by atoms with E-state index in [-0.39, 0.29) is 12.4 Å². The Hall–Kier alpha value is -1.51. The molecule has 0 amide bonds. The molecule has 2 N–H and O–H groups in total. The maximum absolute atomic E-state index is 6.01. The fourth-order valence-corrected chi connectivity index (χ4v) is 3.38. The van der Waals surface area contributed by atoms with E-state index in [1.54, 1.807) is 7.11 Å². The first kappa shape index (κ1) is 15.9. The van der Waals surface area contributed by atoms with E-state index in [0.717, 1.165) is 18.6 Å². The number of rotatable bonds is 3. The number of methoxy groups -OCH3 is 1. The summed E-state index contributed by atoms with van der Waals surface area (Å²) in [5.41, 5.74) is 10.1. The van der Waals surface area contributed by atoms with Gasteiger partial charge in [0.05, 0.1) is 7.11 Å². The number of hydrogen-bond donors (Lipinski definition) is 1. The Labute approximate surface area is 132 Å². The Balaban J connectivity index is 0.00000161. The molecular formula is C18H22ClNO. The zero-order valence-corrected chi connectivity index (χ0v) is 13.1. The number of ether oxygens (including phenoxy) is 1. The molecule has 21 heavy (non-hydrogen) atoms. The van der Waals surface area contributed by atoms with Crippen molar-refractivity contribution in [2.24, 2.45) is 5.73 Å². The average Bonchev–Trinajstić information content (AvgIpc) is 2.54. The number of halogens is 1. The molecule has 3 heteroatoms. The van der Waals surface area contributed by atoms with E-state index in [9.17, 15) is 0 Å². The van der Waals surface area contributed by atoms with Gasteiger partial charge in [0, 0.05) is 0 Å². The van der Waals surface area contributed by atoms with Crippen LogP contribution in [0.1, 0.15) is 34.9 Å². The largest absolute Gasteiger partial charge is 0.496 e. The molecule has 0 aromatic heterocycles. The Morgan fingerprint density at radius 1 is 1.10 bits per heavy atom. The van der Waals surface area contributed by atoms with Crippen molar-refractivity contribution < 1.29 is 4.74 Å². The fraction of sp³-hybridized carbons (Fsp3) is 0.333. The molecule has 3 rings (SSSR count). The van der Waals surface area contributed by atoms with Gasteiger partial charge in [0.2, 0.25) is 0 Å². The van der Waals surface area contributed by atoms with Gasteiger partial charge >= 0.3 is 0 Å². The molecule has 0 heterocycles. The number of benzene rings is 2. The van der Waals surface area contributed by atoms with E-state index in [4.69, 9.17) is 10.5 Å². The lowest BCUT2D eigenvalue weighted by molar-refractivity contribution is 0.397. The second kappa shape index (κ2) is 6.97. The Kier molecular flexibility index (Phi) is 5.27. The van der Waals surface area contributed by atoms with Crippen molar-refractivity contribution in [2.45, 2.75) is 24.7 Å². The molecule has 112 valence electrons. The predicted octanol–water partition coefficient (Wildman–Crippen LogP) is 3.89. The smallest absolute Gasteiger partial charge is 0.122 e. The van der Waals surface area contributed by atoms with Gasteiger partial charge in [0.15, 0.2) is 0 Å². The molecule has 0 radical (unpaired) electrons. The predicted molar refractivity (Wildman–Crippen MR) is 89.5 cm³/mol. The highest BCUT2D eigenvalue weighted by atomic mass is 35.5. The van der Waals surface area contributed by atoms with E-state index >= 15 is 0 Å². The van der Waals surface area contributed by atoms with Crippen LogP contribution in [0.4, 0.5) is 0 Å². The molecule has 1 aliphatic rings. The van der Waals surface area contributed by atoms with Crippen LogP contribution < -0.4 is 10.5 Å². The van der Waals surface area contributed by atoms with Crippen LogP contribution in [-0.4, -0.2) is 13.7 Å². The lowest BCUT2D eigenvalue weighted by Crippen LogP contribution is -2.23. The lowest BCUT2D eigenvalue weighted by Gasteiger charge is -2.32. The molecule has 0 spiro atoms. The van der Waals surface area contributed by atoms with Gasteiger partial charge < -0.3 is 10.5 Å². The van der Waals surface area contributed by atoms with Gasteiger partial charge in [-0.25, -0.2) is 0 Å². The van der Waals surface area contributed by atoms with Crippen molar-refractivity contribution in [3.8, 4) is 5.75 Å². The maximum Gasteiger partial charge on any atom is 0.122 e. The van der Waals surface area contributed by atoms with Crippen molar-refractivity contribution in [3.05, 3.63) is 65.2 Å². The van der Waals surface area contributed by atoms with Crippen LogP contribution in [0.3, 0.4) is 0 Å². The first-order valence-corrected chi connectivity index (χ1v) is 7.24. The fourth-order valence-electron chi connectivity index (χ4n) is 3.38. The summed E-state index contributed by atoms with van der Waals surface area (Å²) in [5, 5.41) is 0. The summed E-state index contributed by atoms with van der Waals surface area (Å²) in [7, 11) is 1.75. The minimum absolute atomic E-state index is 0. The summed E-state index contributed by atoms with van der Waals surface area (Å²) in [6.07, 6.45) is 2.17.